The molecule has 4 aliphatic rings. The highest BCUT2D eigenvalue weighted by atomic mass is 16.6. The maximum absolute atomic E-state index is 12.7. The maximum Gasteiger partial charge on any atom is 0.336 e. The first-order valence-electron chi connectivity index (χ1n) is 9.04. The minimum Gasteiger partial charge on any atom is -0.458 e. The van der Waals surface area contributed by atoms with Crippen LogP contribution in [0.1, 0.15) is 56.6 Å². The first-order chi connectivity index (χ1) is 12.1. The highest BCUT2D eigenvalue weighted by Crippen LogP contribution is 2.68. The van der Waals surface area contributed by atoms with Gasteiger partial charge in [0.15, 0.2) is 0 Å². The fraction of sp³-hybridized carbons (Fsp3) is 0.684. The molecule has 1 aromatic rings. The summed E-state index contributed by atoms with van der Waals surface area (Å²) in [5, 5.41) is 21.8. The molecule has 1 saturated carbocycles. The van der Waals surface area contributed by atoms with Gasteiger partial charge in [-0.1, -0.05) is 20.8 Å². The lowest BCUT2D eigenvalue weighted by atomic mass is 9.48. The summed E-state index contributed by atoms with van der Waals surface area (Å²) in [5.41, 5.74) is -1.25. The fourth-order valence-electron chi connectivity index (χ4n) is 5.85. The highest BCUT2D eigenvalue weighted by Gasteiger charge is 2.79. The molecule has 2 aliphatic carbocycles. The average Bonchev–Trinajstić information content (AvgIpc) is 3.33. The summed E-state index contributed by atoms with van der Waals surface area (Å²) in [5.74, 6) is -0.739. The maximum atomic E-state index is 12.7. The van der Waals surface area contributed by atoms with E-state index in [4.69, 9.17) is 13.9 Å². The number of fused-ring (bicyclic) bond motifs is 4. The summed E-state index contributed by atoms with van der Waals surface area (Å²) in [6.45, 7) is 7.38. The van der Waals surface area contributed by atoms with Crippen LogP contribution in [0.3, 0.4) is 0 Å². The Morgan fingerprint density at radius 2 is 1.81 bits per heavy atom. The third kappa shape index (κ3) is 1.57. The fourth-order valence-corrected chi connectivity index (χ4v) is 5.85. The van der Waals surface area contributed by atoms with E-state index in [1.165, 1.54) is 6.07 Å². The van der Waals surface area contributed by atoms with Crippen LogP contribution in [-0.4, -0.2) is 40.6 Å². The standard InChI is InChI=1S/C19H22O7/c1-6(2)11-9-7(5-8(20)24-11)18(3)14-12(10(9)21)26-17(23)19(14,4)15(22)13-16(18)25-13/h5-6,10,12-16,21-22H,1-4H3/t10-,12-,13-,14-,15-,16+,18-,19+/m1/s1. The first-order valence-corrected chi connectivity index (χ1v) is 9.04. The van der Waals surface area contributed by atoms with Crippen molar-refractivity contribution in [2.45, 2.75) is 69.5 Å². The predicted molar refractivity (Wildman–Crippen MR) is 87.5 cm³/mol. The van der Waals surface area contributed by atoms with Crippen molar-refractivity contribution < 1.29 is 28.9 Å². The Labute approximate surface area is 149 Å². The molecule has 2 N–H and O–H groups in total. The van der Waals surface area contributed by atoms with Gasteiger partial charge >= 0.3 is 11.6 Å². The van der Waals surface area contributed by atoms with Crippen molar-refractivity contribution in [1.82, 2.24) is 0 Å². The summed E-state index contributed by atoms with van der Waals surface area (Å²) < 4.78 is 16.8. The van der Waals surface area contributed by atoms with Crippen LogP contribution < -0.4 is 5.63 Å². The average molecular weight is 362 g/mol. The van der Waals surface area contributed by atoms with E-state index in [-0.39, 0.29) is 12.0 Å². The monoisotopic (exact) mass is 362 g/mol. The van der Waals surface area contributed by atoms with E-state index in [2.05, 4.69) is 0 Å². The number of ether oxygens (including phenoxy) is 2. The largest absolute Gasteiger partial charge is 0.458 e. The molecule has 0 radical (unpaired) electrons. The lowest BCUT2D eigenvalue weighted by molar-refractivity contribution is -0.156. The smallest absolute Gasteiger partial charge is 0.336 e. The van der Waals surface area contributed by atoms with E-state index in [1.807, 2.05) is 20.8 Å². The van der Waals surface area contributed by atoms with Crippen molar-refractivity contribution in [3.05, 3.63) is 33.4 Å². The molecule has 0 bridgehead atoms. The normalized spacial score (nSPS) is 47.9. The van der Waals surface area contributed by atoms with Gasteiger partial charge in [0.1, 0.15) is 29.5 Å². The van der Waals surface area contributed by atoms with Crippen molar-refractivity contribution in [3.63, 3.8) is 0 Å². The van der Waals surface area contributed by atoms with Crippen LogP contribution in [0.2, 0.25) is 0 Å². The lowest BCUT2D eigenvalue weighted by Gasteiger charge is -2.51. The predicted octanol–water partition coefficient (Wildman–Crippen LogP) is 0.758. The van der Waals surface area contributed by atoms with Gasteiger partial charge in [-0.2, -0.15) is 0 Å². The Morgan fingerprint density at radius 1 is 1.12 bits per heavy atom. The van der Waals surface area contributed by atoms with E-state index in [0.717, 1.165) is 0 Å². The first kappa shape index (κ1) is 16.5. The number of esters is 1. The minimum atomic E-state index is -1.19. The third-order valence-corrected chi connectivity index (χ3v) is 7.09. The van der Waals surface area contributed by atoms with Gasteiger partial charge in [0.25, 0.3) is 0 Å². The SMILES string of the molecule is CC(C)c1oc(=O)cc2c1[C@@H](O)[C@H]1OC(=O)[C@]3(C)[C@H](O)[C@H]4O[C@@H]4[C@@]2(C)[C@@H]13. The Bertz CT molecular complexity index is 888. The van der Waals surface area contributed by atoms with Crippen LogP contribution in [0.25, 0.3) is 0 Å². The molecule has 140 valence electrons. The van der Waals surface area contributed by atoms with Gasteiger partial charge in [-0.25, -0.2) is 4.79 Å². The van der Waals surface area contributed by atoms with E-state index in [1.54, 1.807) is 6.92 Å². The topological polar surface area (TPSA) is 110 Å². The Morgan fingerprint density at radius 3 is 2.46 bits per heavy atom. The van der Waals surface area contributed by atoms with E-state index < -0.39 is 52.8 Å². The van der Waals surface area contributed by atoms with Crippen LogP contribution in [0.4, 0.5) is 0 Å². The van der Waals surface area contributed by atoms with Crippen LogP contribution in [0.5, 0.6) is 0 Å². The summed E-state index contributed by atoms with van der Waals surface area (Å²) in [4.78, 5) is 25.0. The summed E-state index contributed by atoms with van der Waals surface area (Å²) >= 11 is 0. The van der Waals surface area contributed by atoms with Gasteiger partial charge in [0.05, 0.1) is 12.2 Å². The number of carbonyl (C=O) groups excluding carboxylic acids is 1. The molecule has 3 heterocycles. The minimum absolute atomic E-state index is 0.124. The number of rotatable bonds is 1. The second-order valence-electron chi connectivity index (χ2n) is 8.74. The molecule has 1 aromatic heterocycles. The highest BCUT2D eigenvalue weighted by molar-refractivity contribution is 5.82. The summed E-state index contributed by atoms with van der Waals surface area (Å²) in [6.07, 6.45) is -3.74. The second kappa shape index (κ2) is 4.58. The molecule has 8 atom stereocenters. The molecule has 0 unspecified atom stereocenters. The number of hydrogen-bond acceptors (Lipinski definition) is 7. The molecule has 0 aromatic carbocycles. The van der Waals surface area contributed by atoms with Crippen LogP contribution >= 0.6 is 0 Å². The Balaban J connectivity index is 1.85. The van der Waals surface area contributed by atoms with Crippen LogP contribution in [-0.2, 0) is 19.7 Å². The quantitative estimate of drug-likeness (QED) is 0.560. The molecular formula is C19H22O7. The van der Waals surface area contributed by atoms with Crippen molar-refractivity contribution in [2.24, 2.45) is 11.3 Å². The van der Waals surface area contributed by atoms with Gasteiger partial charge in [0.2, 0.25) is 0 Å². The van der Waals surface area contributed by atoms with Crippen LogP contribution in [0, 0.1) is 11.3 Å². The van der Waals surface area contributed by atoms with Crippen molar-refractivity contribution in [2.75, 3.05) is 0 Å². The van der Waals surface area contributed by atoms with Crippen molar-refractivity contribution >= 4 is 5.97 Å². The van der Waals surface area contributed by atoms with Crippen molar-refractivity contribution in [1.29, 1.82) is 0 Å². The zero-order valence-electron chi connectivity index (χ0n) is 15.1. The molecule has 5 rings (SSSR count). The molecule has 3 fully saturated rings. The Hall–Kier alpha value is -1.70. The van der Waals surface area contributed by atoms with Crippen LogP contribution in [0.15, 0.2) is 15.3 Å². The summed E-state index contributed by atoms with van der Waals surface area (Å²) in [7, 11) is 0. The molecule has 2 aliphatic heterocycles. The summed E-state index contributed by atoms with van der Waals surface area (Å²) in [6, 6.07) is 1.40. The number of aliphatic hydroxyl groups excluding tert-OH is 2. The third-order valence-electron chi connectivity index (χ3n) is 7.09. The molecule has 26 heavy (non-hydrogen) atoms. The van der Waals surface area contributed by atoms with E-state index in [0.29, 0.717) is 16.9 Å². The number of epoxide rings is 1. The van der Waals surface area contributed by atoms with Gasteiger partial charge in [-0.15, -0.1) is 0 Å². The zero-order chi connectivity index (χ0) is 18.8. The Kier molecular flexibility index (Phi) is 2.90. The van der Waals surface area contributed by atoms with Gasteiger partial charge in [0, 0.05) is 28.9 Å². The molecule has 2 saturated heterocycles. The number of aliphatic hydroxyl groups is 2. The van der Waals surface area contributed by atoms with Gasteiger partial charge in [-0.3, -0.25) is 4.79 Å². The molecule has 7 nitrogen and oxygen atoms in total. The number of carbonyl (C=O) groups is 1. The molecule has 0 amide bonds. The molecule has 7 heteroatoms. The number of hydrogen-bond donors (Lipinski definition) is 2. The van der Waals surface area contributed by atoms with E-state index in [9.17, 15) is 19.8 Å². The van der Waals surface area contributed by atoms with Gasteiger partial charge in [-0.05, 0) is 12.5 Å². The second-order valence-corrected chi connectivity index (χ2v) is 8.74. The van der Waals surface area contributed by atoms with Crippen molar-refractivity contribution in [3.8, 4) is 0 Å². The molecule has 0 spiro atoms. The van der Waals surface area contributed by atoms with Gasteiger partial charge < -0.3 is 24.1 Å². The molecular weight excluding hydrogens is 340 g/mol. The van der Waals surface area contributed by atoms with E-state index >= 15 is 0 Å². The lowest BCUT2D eigenvalue weighted by Crippen LogP contribution is -2.62. The zero-order valence-corrected chi connectivity index (χ0v) is 15.1.